The number of unbranched alkanes of at least 4 members (excludes halogenated alkanes) is 1. The monoisotopic (exact) mass is 331 g/mol. The zero-order valence-corrected chi connectivity index (χ0v) is 13.2. The van der Waals surface area contributed by atoms with E-state index >= 15 is 0 Å². The van der Waals surface area contributed by atoms with Crippen molar-refractivity contribution in [2.24, 2.45) is 0 Å². The minimum atomic E-state index is -0.105. The van der Waals surface area contributed by atoms with Crippen LogP contribution in [0.4, 0.5) is 5.69 Å². The van der Waals surface area contributed by atoms with Crippen molar-refractivity contribution in [1.29, 1.82) is 0 Å². The normalized spacial score (nSPS) is 10.7. The fraction of sp³-hybridized carbons (Fsp3) is 0.692. The van der Waals surface area contributed by atoms with Crippen molar-refractivity contribution in [3.05, 3.63) is 21.0 Å². The van der Waals surface area contributed by atoms with Gasteiger partial charge in [0.05, 0.1) is 11.9 Å². The lowest BCUT2D eigenvalue weighted by Gasteiger charge is -2.09. The van der Waals surface area contributed by atoms with Gasteiger partial charge in [-0.2, -0.15) is 5.10 Å². The summed E-state index contributed by atoms with van der Waals surface area (Å²) in [6.07, 6.45) is 4.85. The van der Waals surface area contributed by atoms with Crippen molar-refractivity contribution in [3.63, 3.8) is 0 Å². The Morgan fingerprint density at radius 3 is 2.79 bits per heavy atom. The molecule has 0 bridgehead atoms. The summed E-state index contributed by atoms with van der Waals surface area (Å²) < 4.78 is 7.43. The number of anilines is 1. The molecule has 0 aliphatic rings. The van der Waals surface area contributed by atoms with Crippen LogP contribution in [0.1, 0.15) is 33.1 Å². The Balaban J connectivity index is 2.34. The summed E-state index contributed by atoms with van der Waals surface area (Å²) in [5.74, 6) is 0. The first-order valence-corrected chi connectivity index (χ1v) is 7.57. The Morgan fingerprint density at radius 1 is 1.37 bits per heavy atom. The average Bonchev–Trinajstić information content (AvgIpc) is 2.42. The van der Waals surface area contributed by atoms with Gasteiger partial charge in [0, 0.05) is 26.3 Å². The second-order valence-electron chi connectivity index (χ2n) is 4.24. The molecule has 5 nitrogen and oxygen atoms in total. The molecule has 1 rings (SSSR count). The molecule has 0 spiro atoms. The molecular formula is C13H22BrN3O2. The average molecular weight is 332 g/mol. The Morgan fingerprint density at radius 2 is 2.11 bits per heavy atom. The Hall–Kier alpha value is -0.880. The number of nitrogens with zero attached hydrogens (tertiary/aromatic N) is 2. The highest BCUT2D eigenvalue weighted by Gasteiger charge is 2.06. The van der Waals surface area contributed by atoms with E-state index in [4.69, 9.17) is 4.74 Å². The Kier molecular flexibility index (Phi) is 7.74. The number of rotatable bonds is 9. The standard InChI is InChI=1S/C13H22BrN3O2/c1-3-5-8-19-9-6-7-15-11-10-16-17(4-2)13(18)12(11)14/h10,15H,3-9H2,1-2H3. The number of halogens is 1. The SMILES string of the molecule is CCCCOCCCNc1cnn(CC)c(=O)c1Br. The zero-order chi connectivity index (χ0) is 14.1. The van der Waals surface area contributed by atoms with Crippen LogP contribution in [-0.4, -0.2) is 29.5 Å². The van der Waals surface area contributed by atoms with Crippen LogP contribution in [0.15, 0.2) is 15.5 Å². The fourth-order valence-corrected chi connectivity index (χ4v) is 2.01. The molecule has 0 aliphatic carbocycles. The van der Waals surface area contributed by atoms with Crippen molar-refractivity contribution in [3.8, 4) is 0 Å². The summed E-state index contributed by atoms with van der Waals surface area (Å²) in [6, 6.07) is 0. The van der Waals surface area contributed by atoms with Crippen LogP contribution in [-0.2, 0) is 11.3 Å². The molecule has 0 aliphatic heterocycles. The number of ether oxygens (including phenoxy) is 1. The maximum Gasteiger partial charge on any atom is 0.283 e. The quantitative estimate of drug-likeness (QED) is 0.707. The molecule has 1 aromatic rings. The van der Waals surface area contributed by atoms with Crippen LogP contribution in [0.2, 0.25) is 0 Å². The molecule has 108 valence electrons. The molecule has 0 fully saturated rings. The van der Waals surface area contributed by atoms with Crippen LogP contribution < -0.4 is 10.9 Å². The van der Waals surface area contributed by atoms with Crippen molar-refractivity contribution in [1.82, 2.24) is 9.78 Å². The van der Waals surface area contributed by atoms with E-state index in [2.05, 4.69) is 33.3 Å². The molecular weight excluding hydrogens is 310 g/mol. The van der Waals surface area contributed by atoms with Crippen LogP contribution in [0.5, 0.6) is 0 Å². The maximum atomic E-state index is 11.8. The molecule has 1 aromatic heterocycles. The fourth-order valence-electron chi connectivity index (χ4n) is 1.56. The van der Waals surface area contributed by atoms with Gasteiger partial charge in [-0.3, -0.25) is 4.79 Å². The van der Waals surface area contributed by atoms with Crippen molar-refractivity contribution >= 4 is 21.6 Å². The van der Waals surface area contributed by atoms with Gasteiger partial charge >= 0.3 is 0 Å². The molecule has 0 atom stereocenters. The predicted octanol–water partition coefficient (Wildman–Crippen LogP) is 2.64. The molecule has 0 saturated carbocycles. The van der Waals surface area contributed by atoms with Gasteiger partial charge in [0.1, 0.15) is 4.47 Å². The number of hydrogen-bond donors (Lipinski definition) is 1. The van der Waals surface area contributed by atoms with E-state index in [1.54, 1.807) is 6.20 Å². The first kappa shape index (κ1) is 16.2. The van der Waals surface area contributed by atoms with Crippen LogP contribution in [0.25, 0.3) is 0 Å². The Bertz CT molecular complexity index is 434. The minimum Gasteiger partial charge on any atom is -0.383 e. The van der Waals surface area contributed by atoms with E-state index in [-0.39, 0.29) is 5.56 Å². The van der Waals surface area contributed by atoms with E-state index in [0.29, 0.717) is 11.0 Å². The van der Waals surface area contributed by atoms with Gasteiger partial charge in [-0.25, -0.2) is 4.68 Å². The largest absolute Gasteiger partial charge is 0.383 e. The molecule has 0 aromatic carbocycles. The van der Waals surface area contributed by atoms with E-state index in [1.165, 1.54) is 4.68 Å². The molecule has 0 saturated heterocycles. The highest BCUT2D eigenvalue weighted by atomic mass is 79.9. The van der Waals surface area contributed by atoms with Crippen molar-refractivity contribution in [2.75, 3.05) is 25.1 Å². The third-order valence-corrected chi connectivity index (χ3v) is 3.47. The molecule has 19 heavy (non-hydrogen) atoms. The van der Waals surface area contributed by atoms with Gasteiger partial charge in [-0.15, -0.1) is 0 Å². The van der Waals surface area contributed by atoms with Crippen LogP contribution in [0.3, 0.4) is 0 Å². The van der Waals surface area contributed by atoms with E-state index < -0.39 is 0 Å². The van der Waals surface area contributed by atoms with E-state index in [1.807, 2.05) is 6.92 Å². The second kappa shape index (κ2) is 9.09. The first-order chi connectivity index (χ1) is 9.20. The van der Waals surface area contributed by atoms with Gasteiger partial charge in [-0.1, -0.05) is 13.3 Å². The topological polar surface area (TPSA) is 56.1 Å². The minimum absolute atomic E-state index is 0.105. The second-order valence-corrected chi connectivity index (χ2v) is 5.03. The maximum absolute atomic E-state index is 11.8. The lowest BCUT2D eigenvalue weighted by atomic mass is 10.3. The first-order valence-electron chi connectivity index (χ1n) is 6.77. The molecule has 0 unspecified atom stereocenters. The number of aryl methyl sites for hydroxylation is 1. The molecule has 6 heteroatoms. The van der Waals surface area contributed by atoms with E-state index in [9.17, 15) is 4.79 Å². The lowest BCUT2D eigenvalue weighted by Crippen LogP contribution is -2.23. The molecule has 1 N–H and O–H groups in total. The van der Waals surface area contributed by atoms with Crippen molar-refractivity contribution in [2.45, 2.75) is 39.7 Å². The predicted molar refractivity (Wildman–Crippen MR) is 80.7 cm³/mol. The highest BCUT2D eigenvalue weighted by molar-refractivity contribution is 9.10. The smallest absolute Gasteiger partial charge is 0.283 e. The Labute approximate surface area is 122 Å². The summed E-state index contributed by atoms with van der Waals surface area (Å²) in [6.45, 7) is 6.94. The molecule has 0 radical (unpaired) electrons. The van der Waals surface area contributed by atoms with Gasteiger partial charge in [0.15, 0.2) is 0 Å². The summed E-state index contributed by atoms with van der Waals surface area (Å²) in [5.41, 5.74) is 0.634. The summed E-state index contributed by atoms with van der Waals surface area (Å²) in [5, 5.41) is 7.27. The van der Waals surface area contributed by atoms with Gasteiger partial charge in [0.2, 0.25) is 0 Å². The number of aromatic nitrogens is 2. The third-order valence-electron chi connectivity index (χ3n) is 2.71. The van der Waals surface area contributed by atoms with Crippen molar-refractivity contribution < 1.29 is 4.74 Å². The summed E-state index contributed by atoms with van der Waals surface area (Å²) in [7, 11) is 0. The zero-order valence-electron chi connectivity index (χ0n) is 11.6. The summed E-state index contributed by atoms with van der Waals surface area (Å²) in [4.78, 5) is 11.8. The number of nitrogens with one attached hydrogen (secondary N) is 1. The molecule has 1 heterocycles. The lowest BCUT2D eigenvalue weighted by molar-refractivity contribution is 0.131. The van der Waals surface area contributed by atoms with E-state index in [0.717, 1.165) is 44.7 Å². The summed E-state index contributed by atoms with van der Waals surface area (Å²) >= 11 is 3.31. The van der Waals surface area contributed by atoms with Gasteiger partial charge < -0.3 is 10.1 Å². The van der Waals surface area contributed by atoms with Gasteiger partial charge in [0.25, 0.3) is 5.56 Å². The van der Waals surface area contributed by atoms with Crippen LogP contribution in [0, 0.1) is 0 Å². The van der Waals surface area contributed by atoms with Crippen LogP contribution >= 0.6 is 15.9 Å². The third kappa shape index (κ3) is 5.32. The number of hydrogen-bond acceptors (Lipinski definition) is 4. The van der Waals surface area contributed by atoms with Gasteiger partial charge in [-0.05, 0) is 35.7 Å². The highest BCUT2D eigenvalue weighted by Crippen LogP contribution is 2.15. The molecule has 0 amide bonds.